The Bertz CT molecular complexity index is 558. The van der Waals surface area contributed by atoms with Crippen molar-refractivity contribution in [2.24, 2.45) is 0 Å². The van der Waals surface area contributed by atoms with Crippen LogP contribution in [0.2, 0.25) is 0 Å². The van der Waals surface area contributed by atoms with Crippen LogP contribution in [0.3, 0.4) is 0 Å². The molecule has 20 heavy (non-hydrogen) atoms. The summed E-state index contributed by atoms with van der Waals surface area (Å²) in [4.78, 5) is 0. The van der Waals surface area contributed by atoms with Crippen molar-refractivity contribution < 1.29 is 9.47 Å². The quantitative estimate of drug-likeness (QED) is 0.905. The van der Waals surface area contributed by atoms with E-state index in [0.717, 1.165) is 13.0 Å². The minimum Gasteiger partial charge on any atom is -0.350 e. The van der Waals surface area contributed by atoms with E-state index in [-0.39, 0.29) is 12.3 Å². The third-order valence-corrected chi connectivity index (χ3v) is 3.77. The summed E-state index contributed by atoms with van der Waals surface area (Å²) < 4.78 is 11.2. The van der Waals surface area contributed by atoms with Gasteiger partial charge in [0, 0.05) is 12.5 Å². The second kappa shape index (κ2) is 6.35. The van der Waals surface area contributed by atoms with E-state index in [2.05, 4.69) is 54.7 Å². The second-order valence-electron chi connectivity index (χ2n) is 5.09. The van der Waals surface area contributed by atoms with Crippen LogP contribution in [0, 0.1) is 0 Å². The average molecular weight is 271 g/mol. The van der Waals surface area contributed by atoms with Gasteiger partial charge in [-0.05, 0) is 22.9 Å². The molecule has 1 unspecified atom stereocenters. The van der Waals surface area contributed by atoms with E-state index in [1.165, 1.54) is 16.3 Å². The molecule has 0 aromatic heterocycles. The molecule has 0 radical (unpaired) electrons. The van der Waals surface area contributed by atoms with Crippen LogP contribution in [-0.4, -0.2) is 26.0 Å². The van der Waals surface area contributed by atoms with Gasteiger partial charge in [-0.2, -0.15) is 0 Å². The summed E-state index contributed by atoms with van der Waals surface area (Å²) in [5, 5.41) is 6.14. The highest BCUT2D eigenvalue weighted by atomic mass is 16.7. The van der Waals surface area contributed by atoms with Crippen molar-refractivity contribution in [3.05, 3.63) is 48.0 Å². The summed E-state index contributed by atoms with van der Waals surface area (Å²) in [6.07, 6.45) is 0.764. The fourth-order valence-corrected chi connectivity index (χ4v) is 2.86. The molecule has 106 valence electrons. The van der Waals surface area contributed by atoms with E-state index in [9.17, 15) is 0 Å². The van der Waals surface area contributed by atoms with E-state index < -0.39 is 0 Å². The molecule has 1 saturated heterocycles. The molecular formula is C17H21NO2. The highest BCUT2D eigenvalue weighted by Gasteiger charge is 2.23. The predicted molar refractivity (Wildman–Crippen MR) is 80.7 cm³/mol. The maximum Gasteiger partial charge on any atom is 0.159 e. The topological polar surface area (TPSA) is 30.5 Å². The first-order valence-corrected chi connectivity index (χ1v) is 7.32. The molecule has 1 atom stereocenters. The molecule has 0 aliphatic carbocycles. The Morgan fingerprint density at radius 3 is 2.65 bits per heavy atom. The molecule has 3 nitrogen and oxygen atoms in total. The van der Waals surface area contributed by atoms with Gasteiger partial charge >= 0.3 is 0 Å². The van der Waals surface area contributed by atoms with Gasteiger partial charge in [0.05, 0.1) is 13.2 Å². The van der Waals surface area contributed by atoms with Gasteiger partial charge in [0.2, 0.25) is 0 Å². The lowest BCUT2D eigenvalue weighted by atomic mass is 9.96. The Balaban J connectivity index is 1.91. The third-order valence-electron chi connectivity index (χ3n) is 3.77. The zero-order valence-electron chi connectivity index (χ0n) is 11.8. The van der Waals surface area contributed by atoms with Crippen molar-refractivity contribution in [3.8, 4) is 0 Å². The standard InChI is InChI=1S/C17H21NO2/c1-2-18-16(12-17-19-10-11-20-17)15-9-5-7-13-6-3-4-8-14(13)15/h3-9,16-18H,2,10-12H2,1H3. The lowest BCUT2D eigenvalue weighted by Crippen LogP contribution is -2.26. The van der Waals surface area contributed by atoms with E-state index in [0.29, 0.717) is 13.2 Å². The van der Waals surface area contributed by atoms with Gasteiger partial charge in [-0.25, -0.2) is 0 Å². The highest BCUT2D eigenvalue weighted by molar-refractivity contribution is 5.86. The molecule has 0 saturated carbocycles. The van der Waals surface area contributed by atoms with Gasteiger partial charge in [-0.3, -0.25) is 0 Å². The normalized spacial score (nSPS) is 17.6. The van der Waals surface area contributed by atoms with Crippen LogP contribution < -0.4 is 5.32 Å². The summed E-state index contributed by atoms with van der Waals surface area (Å²) in [5.74, 6) is 0. The zero-order chi connectivity index (χ0) is 13.8. The van der Waals surface area contributed by atoms with Crippen molar-refractivity contribution in [1.29, 1.82) is 0 Å². The SMILES string of the molecule is CCNC(CC1OCCO1)c1cccc2ccccc12. The number of hydrogen-bond donors (Lipinski definition) is 1. The summed E-state index contributed by atoms with van der Waals surface area (Å²) in [6, 6.07) is 15.3. The molecule has 0 bridgehead atoms. The summed E-state index contributed by atoms with van der Waals surface area (Å²) in [5.41, 5.74) is 1.32. The maximum atomic E-state index is 5.60. The van der Waals surface area contributed by atoms with Crippen molar-refractivity contribution in [3.63, 3.8) is 0 Å². The molecule has 3 rings (SSSR count). The van der Waals surface area contributed by atoms with Gasteiger partial charge in [0.1, 0.15) is 0 Å². The number of ether oxygens (including phenoxy) is 2. The molecule has 1 aliphatic heterocycles. The smallest absolute Gasteiger partial charge is 0.159 e. The van der Waals surface area contributed by atoms with E-state index in [1.54, 1.807) is 0 Å². The minimum absolute atomic E-state index is 0.0852. The van der Waals surface area contributed by atoms with Gasteiger partial charge in [-0.1, -0.05) is 49.4 Å². The predicted octanol–water partition coefficient (Wildman–Crippen LogP) is 3.25. The molecule has 1 fully saturated rings. The molecule has 2 aromatic carbocycles. The molecule has 3 heteroatoms. The molecule has 1 aliphatic rings. The molecule has 2 aromatic rings. The number of fused-ring (bicyclic) bond motifs is 1. The van der Waals surface area contributed by atoms with Crippen molar-refractivity contribution in [1.82, 2.24) is 5.32 Å². The number of hydrogen-bond acceptors (Lipinski definition) is 3. The van der Waals surface area contributed by atoms with E-state index in [4.69, 9.17) is 9.47 Å². The van der Waals surface area contributed by atoms with Gasteiger partial charge < -0.3 is 14.8 Å². The molecule has 1 heterocycles. The first-order chi connectivity index (χ1) is 9.88. The van der Waals surface area contributed by atoms with E-state index >= 15 is 0 Å². The second-order valence-corrected chi connectivity index (χ2v) is 5.09. The minimum atomic E-state index is -0.0852. The number of benzene rings is 2. The summed E-state index contributed by atoms with van der Waals surface area (Å²) in [7, 11) is 0. The van der Waals surface area contributed by atoms with Crippen molar-refractivity contribution in [2.75, 3.05) is 19.8 Å². The van der Waals surface area contributed by atoms with Crippen LogP contribution in [-0.2, 0) is 9.47 Å². The monoisotopic (exact) mass is 271 g/mol. The van der Waals surface area contributed by atoms with Crippen molar-refractivity contribution in [2.45, 2.75) is 25.7 Å². The van der Waals surface area contributed by atoms with Crippen LogP contribution in [0.25, 0.3) is 10.8 Å². The Morgan fingerprint density at radius 1 is 1.10 bits per heavy atom. The zero-order valence-corrected chi connectivity index (χ0v) is 11.8. The van der Waals surface area contributed by atoms with Crippen LogP contribution in [0.15, 0.2) is 42.5 Å². The lowest BCUT2D eigenvalue weighted by Gasteiger charge is -2.22. The first-order valence-electron chi connectivity index (χ1n) is 7.32. The third kappa shape index (κ3) is 2.85. The Hall–Kier alpha value is -1.42. The van der Waals surface area contributed by atoms with Crippen LogP contribution >= 0.6 is 0 Å². The largest absolute Gasteiger partial charge is 0.350 e. The lowest BCUT2D eigenvalue weighted by molar-refractivity contribution is -0.0528. The fourth-order valence-electron chi connectivity index (χ4n) is 2.86. The maximum absolute atomic E-state index is 5.60. The number of nitrogens with one attached hydrogen (secondary N) is 1. The van der Waals surface area contributed by atoms with Crippen LogP contribution in [0.5, 0.6) is 0 Å². The highest BCUT2D eigenvalue weighted by Crippen LogP contribution is 2.28. The summed E-state index contributed by atoms with van der Waals surface area (Å²) in [6.45, 7) is 4.48. The van der Waals surface area contributed by atoms with Crippen LogP contribution in [0.4, 0.5) is 0 Å². The Morgan fingerprint density at radius 2 is 1.85 bits per heavy atom. The Kier molecular flexibility index (Phi) is 4.31. The molecule has 0 amide bonds. The number of rotatable bonds is 5. The van der Waals surface area contributed by atoms with Gasteiger partial charge in [0.25, 0.3) is 0 Å². The molecule has 0 spiro atoms. The Labute approximate surface area is 119 Å². The van der Waals surface area contributed by atoms with Crippen molar-refractivity contribution >= 4 is 10.8 Å². The fraction of sp³-hybridized carbons (Fsp3) is 0.412. The molecular weight excluding hydrogens is 250 g/mol. The van der Waals surface area contributed by atoms with E-state index in [1.807, 2.05) is 0 Å². The van der Waals surface area contributed by atoms with Gasteiger partial charge in [-0.15, -0.1) is 0 Å². The first kappa shape index (κ1) is 13.6. The molecule has 1 N–H and O–H groups in total. The average Bonchev–Trinajstić information content (AvgIpc) is 2.99. The summed E-state index contributed by atoms with van der Waals surface area (Å²) >= 11 is 0. The van der Waals surface area contributed by atoms with Gasteiger partial charge in [0.15, 0.2) is 6.29 Å². The van der Waals surface area contributed by atoms with Crippen LogP contribution in [0.1, 0.15) is 24.9 Å².